The van der Waals surface area contributed by atoms with Gasteiger partial charge in [-0.1, -0.05) is 0 Å². The van der Waals surface area contributed by atoms with Crippen molar-refractivity contribution in [3.63, 3.8) is 0 Å². The van der Waals surface area contributed by atoms with Crippen molar-refractivity contribution >= 4 is 6.29 Å². The van der Waals surface area contributed by atoms with Gasteiger partial charge in [-0.3, -0.25) is 9.80 Å². The molecule has 0 amide bonds. The number of carbonyl (C=O) groups is 1. The fourth-order valence-corrected chi connectivity index (χ4v) is 2.32. The monoisotopic (exact) mass is 198 g/mol. The molecule has 0 spiro atoms. The van der Waals surface area contributed by atoms with Crippen LogP contribution < -0.4 is 0 Å². The number of likely N-dealkylation sites (tertiary alicyclic amines) is 1. The number of aldehydes is 1. The van der Waals surface area contributed by atoms with Crippen LogP contribution in [0.3, 0.4) is 0 Å². The molecule has 2 fully saturated rings. The molecule has 2 aliphatic heterocycles. The quantitative estimate of drug-likeness (QED) is 0.577. The highest BCUT2D eigenvalue weighted by Crippen LogP contribution is 2.15. The van der Waals surface area contributed by atoms with Gasteiger partial charge >= 0.3 is 0 Å². The van der Waals surface area contributed by atoms with E-state index in [0.717, 1.165) is 45.7 Å². The number of rotatable bonds is 3. The normalized spacial score (nSPS) is 30.7. The zero-order chi connectivity index (χ0) is 9.80. The molecule has 0 N–H and O–H groups in total. The second kappa shape index (κ2) is 4.87. The summed E-state index contributed by atoms with van der Waals surface area (Å²) in [6, 6.07) is 0.652. The molecule has 2 saturated heterocycles. The SMILES string of the molecule is O=CCN1CCC(N2CCOCC2)C1. The number of hydrogen-bond acceptors (Lipinski definition) is 4. The molecule has 0 aromatic heterocycles. The van der Waals surface area contributed by atoms with Gasteiger partial charge in [0.25, 0.3) is 0 Å². The summed E-state index contributed by atoms with van der Waals surface area (Å²) in [7, 11) is 0. The van der Waals surface area contributed by atoms with Gasteiger partial charge in [0.05, 0.1) is 19.8 Å². The van der Waals surface area contributed by atoms with Crippen molar-refractivity contribution in [1.82, 2.24) is 9.80 Å². The Balaban J connectivity index is 1.78. The summed E-state index contributed by atoms with van der Waals surface area (Å²) in [5, 5.41) is 0. The highest BCUT2D eigenvalue weighted by molar-refractivity contribution is 5.52. The highest BCUT2D eigenvalue weighted by Gasteiger charge is 2.27. The van der Waals surface area contributed by atoms with E-state index in [9.17, 15) is 4.79 Å². The highest BCUT2D eigenvalue weighted by atomic mass is 16.5. The van der Waals surface area contributed by atoms with Crippen molar-refractivity contribution in [2.45, 2.75) is 12.5 Å². The fourth-order valence-electron chi connectivity index (χ4n) is 2.32. The minimum atomic E-state index is 0.598. The lowest BCUT2D eigenvalue weighted by atomic mass is 10.2. The molecule has 0 saturated carbocycles. The van der Waals surface area contributed by atoms with E-state index in [1.165, 1.54) is 6.42 Å². The number of hydrogen-bond donors (Lipinski definition) is 0. The van der Waals surface area contributed by atoms with E-state index in [-0.39, 0.29) is 0 Å². The molecule has 4 heteroatoms. The molecule has 0 aromatic carbocycles. The Hall–Kier alpha value is -0.450. The van der Waals surface area contributed by atoms with Crippen LogP contribution in [0.2, 0.25) is 0 Å². The third-order valence-corrected chi connectivity index (χ3v) is 3.14. The summed E-state index contributed by atoms with van der Waals surface area (Å²) in [6.07, 6.45) is 2.20. The molecule has 0 bridgehead atoms. The Morgan fingerprint density at radius 3 is 2.79 bits per heavy atom. The van der Waals surface area contributed by atoms with Gasteiger partial charge in [-0.05, 0) is 6.42 Å². The van der Waals surface area contributed by atoms with Crippen molar-refractivity contribution in [2.24, 2.45) is 0 Å². The number of carbonyl (C=O) groups excluding carboxylic acids is 1. The Labute approximate surface area is 84.8 Å². The van der Waals surface area contributed by atoms with Gasteiger partial charge in [-0.2, -0.15) is 0 Å². The van der Waals surface area contributed by atoms with Crippen molar-refractivity contribution < 1.29 is 9.53 Å². The predicted octanol–water partition coefficient (Wildman–Crippen LogP) is -0.408. The summed E-state index contributed by atoms with van der Waals surface area (Å²) >= 11 is 0. The van der Waals surface area contributed by atoms with E-state index in [0.29, 0.717) is 12.6 Å². The zero-order valence-electron chi connectivity index (χ0n) is 8.52. The Morgan fingerprint density at radius 2 is 2.07 bits per heavy atom. The van der Waals surface area contributed by atoms with Gasteiger partial charge in [0.1, 0.15) is 6.29 Å². The van der Waals surface area contributed by atoms with Crippen LogP contribution in [0.15, 0.2) is 0 Å². The van der Waals surface area contributed by atoms with Gasteiger partial charge in [0.15, 0.2) is 0 Å². The van der Waals surface area contributed by atoms with Crippen LogP contribution in [-0.2, 0) is 9.53 Å². The number of nitrogens with zero attached hydrogens (tertiary/aromatic N) is 2. The first-order chi connectivity index (χ1) is 6.90. The number of ether oxygens (including phenoxy) is 1. The first kappa shape index (κ1) is 10.1. The molecule has 1 atom stereocenters. The van der Waals surface area contributed by atoms with E-state index in [2.05, 4.69) is 9.80 Å². The summed E-state index contributed by atoms with van der Waals surface area (Å²) in [5.41, 5.74) is 0. The molecule has 80 valence electrons. The smallest absolute Gasteiger partial charge is 0.133 e. The minimum absolute atomic E-state index is 0.598. The molecule has 0 aromatic rings. The maximum Gasteiger partial charge on any atom is 0.133 e. The molecule has 14 heavy (non-hydrogen) atoms. The van der Waals surface area contributed by atoms with Crippen LogP contribution in [0, 0.1) is 0 Å². The lowest BCUT2D eigenvalue weighted by molar-refractivity contribution is -0.108. The molecule has 1 unspecified atom stereocenters. The predicted molar refractivity (Wildman–Crippen MR) is 53.3 cm³/mol. The topological polar surface area (TPSA) is 32.8 Å². The summed E-state index contributed by atoms with van der Waals surface area (Å²) in [4.78, 5) is 15.1. The molecule has 0 aliphatic carbocycles. The molecule has 4 nitrogen and oxygen atoms in total. The van der Waals surface area contributed by atoms with Gasteiger partial charge < -0.3 is 9.53 Å². The van der Waals surface area contributed by atoms with Gasteiger partial charge in [-0.15, -0.1) is 0 Å². The maximum atomic E-state index is 10.4. The lowest BCUT2D eigenvalue weighted by Gasteiger charge is -2.32. The summed E-state index contributed by atoms with van der Waals surface area (Å²) in [5.74, 6) is 0. The van der Waals surface area contributed by atoms with Crippen LogP contribution in [0.5, 0.6) is 0 Å². The summed E-state index contributed by atoms with van der Waals surface area (Å²) in [6.45, 7) is 6.56. The standard InChI is InChI=1S/C10H18N2O2/c13-6-3-11-2-1-10(9-11)12-4-7-14-8-5-12/h6,10H,1-5,7-9H2. The molecule has 2 rings (SSSR count). The van der Waals surface area contributed by atoms with Crippen molar-refractivity contribution in [1.29, 1.82) is 0 Å². The third kappa shape index (κ3) is 2.32. The summed E-state index contributed by atoms with van der Waals surface area (Å²) < 4.78 is 5.32. The molecule has 0 radical (unpaired) electrons. The van der Waals surface area contributed by atoms with Crippen LogP contribution in [-0.4, -0.2) is 68.1 Å². The van der Waals surface area contributed by atoms with E-state index >= 15 is 0 Å². The second-order valence-corrected chi connectivity index (χ2v) is 4.02. The van der Waals surface area contributed by atoms with E-state index < -0.39 is 0 Å². The Kier molecular flexibility index (Phi) is 3.50. The zero-order valence-corrected chi connectivity index (χ0v) is 8.52. The average molecular weight is 198 g/mol. The third-order valence-electron chi connectivity index (χ3n) is 3.14. The van der Waals surface area contributed by atoms with Crippen molar-refractivity contribution in [3.05, 3.63) is 0 Å². The number of morpholine rings is 1. The van der Waals surface area contributed by atoms with E-state index in [1.807, 2.05) is 0 Å². The van der Waals surface area contributed by atoms with Crippen LogP contribution in [0.4, 0.5) is 0 Å². The first-order valence-corrected chi connectivity index (χ1v) is 5.38. The van der Waals surface area contributed by atoms with Crippen LogP contribution >= 0.6 is 0 Å². The fraction of sp³-hybridized carbons (Fsp3) is 0.900. The largest absolute Gasteiger partial charge is 0.379 e. The van der Waals surface area contributed by atoms with Crippen molar-refractivity contribution in [2.75, 3.05) is 45.9 Å². The van der Waals surface area contributed by atoms with Gasteiger partial charge in [-0.25, -0.2) is 0 Å². The first-order valence-electron chi connectivity index (χ1n) is 5.38. The van der Waals surface area contributed by atoms with Crippen LogP contribution in [0.1, 0.15) is 6.42 Å². The average Bonchev–Trinajstić information content (AvgIpc) is 2.68. The molecule has 2 heterocycles. The lowest BCUT2D eigenvalue weighted by Crippen LogP contribution is -2.44. The Bertz CT molecular complexity index is 193. The van der Waals surface area contributed by atoms with E-state index in [4.69, 9.17) is 4.74 Å². The maximum absolute atomic E-state index is 10.4. The molecule has 2 aliphatic rings. The minimum Gasteiger partial charge on any atom is -0.379 e. The van der Waals surface area contributed by atoms with Crippen LogP contribution in [0.25, 0.3) is 0 Å². The van der Waals surface area contributed by atoms with Crippen molar-refractivity contribution in [3.8, 4) is 0 Å². The second-order valence-electron chi connectivity index (χ2n) is 4.02. The molecular weight excluding hydrogens is 180 g/mol. The van der Waals surface area contributed by atoms with Gasteiger partial charge in [0.2, 0.25) is 0 Å². The van der Waals surface area contributed by atoms with Gasteiger partial charge in [0, 0.05) is 32.2 Å². The Morgan fingerprint density at radius 1 is 1.29 bits per heavy atom. The van der Waals surface area contributed by atoms with E-state index in [1.54, 1.807) is 0 Å². The molecular formula is C10H18N2O2.